The highest BCUT2D eigenvalue weighted by atomic mass is 79.9. The molecule has 0 unspecified atom stereocenters. The van der Waals surface area contributed by atoms with Crippen molar-refractivity contribution >= 4 is 40.3 Å². The van der Waals surface area contributed by atoms with Crippen LogP contribution in [0.1, 0.15) is 55.4 Å². The summed E-state index contributed by atoms with van der Waals surface area (Å²) in [6, 6.07) is 0. The predicted molar refractivity (Wildman–Crippen MR) is 142 cm³/mol. The zero-order chi connectivity index (χ0) is 26.7. The number of halogens is 1. The topological polar surface area (TPSA) is 88.1 Å². The van der Waals surface area contributed by atoms with Crippen molar-refractivity contribution in [3.8, 4) is 0 Å². The lowest BCUT2D eigenvalue weighted by Crippen LogP contribution is -2.56. The van der Waals surface area contributed by atoms with Gasteiger partial charge in [0, 0.05) is 12.0 Å². The summed E-state index contributed by atoms with van der Waals surface area (Å²) in [5, 5.41) is -0.0665. The fraction of sp³-hybridized carbons (Fsp3) is 0.875. The first-order valence-electron chi connectivity index (χ1n) is 12.0. The van der Waals surface area contributed by atoms with Crippen molar-refractivity contribution in [2.45, 2.75) is 96.2 Å². The van der Waals surface area contributed by atoms with Crippen molar-refractivity contribution in [1.82, 2.24) is 0 Å². The third kappa shape index (κ3) is 8.13. The number of hydrogen-bond donors (Lipinski definition) is 0. The third-order valence-corrected chi connectivity index (χ3v) is 14.0. The van der Waals surface area contributed by atoms with Gasteiger partial charge in [-0.05, 0) is 43.8 Å². The van der Waals surface area contributed by atoms with Crippen LogP contribution in [0.4, 0.5) is 0 Å². The van der Waals surface area contributed by atoms with E-state index in [1.54, 1.807) is 13.0 Å². The van der Waals surface area contributed by atoms with Crippen LogP contribution in [0.15, 0.2) is 12.2 Å². The summed E-state index contributed by atoms with van der Waals surface area (Å²) in [5.41, 5.74) is -0.887. The second-order valence-corrected chi connectivity index (χ2v) is 18.6. The first-order chi connectivity index (χ1) is 15.3. The summed E-state index contributed by atoms with van der Waals surface area (Å²) in [4.78, 5) is 11.9. The number of esters is 1. The van der Waals surface area contributed by atoms with Gasteiger partial charge in [0.25, 0.3) is 10.1 Å². The van der Waals surface area contributed by atoms with Gasteiger partial charge in [0.15, 0.2) is 8.32 Å². The maximum atomic E-state index is 12.4. The molecule has 1 fully saturated rings. The summed E-state index contributed by atoms with van der Waals surface area (Å²) in [6.07, 6.45) is 3.03. The maximum absolute atomic E-state index is 12.4. The molecule has 7 nitrogen and oxygen atoms in total. The molecule has 0 aliphatic carbocycles. The van der Waals surface area contributed by atoms with Crippen LogP contribution in [0.5, 0.6) is 0 Å². The Morgan fingerprint density at radius 1 is 1.29 bits per heavy atom. The minimum absolute atomic E-state index is 0.0665. The minimum atomic E-state index is -3.79. The summed E-state index contributed by atoms with van der Waals surface area (Å²) in [7, 11) is -6.06. The molecule has 10 heteroatoms. The molecule has 1 rings (SSSR count). The zero-order valence-corrected chi connectivity index (χ0v) is 26.1. The second-order valence-electron chi connectivity index (χ2n) is 11.3. The van der Waals surface area contributed by atoms with Crippen molar-refractivity contribution in [2.75, 3.05) is 19.5 Å². The number of carbonyl (C=O) groups is 1. The monoisotopic (exact) mass is 584 g/mol. The van der Waals surface area contributed by atoms with Gasteiger partial charge in [-0.2, -0.15) is 8.42 Å². The van der Waals surface area contributed by atoms with Gasteiger partial charge in [-0.3, -0.25) is 4.18 Å². The van der Waals surface area contributed by atoms with Crippen molar-refractivity contribution < 1.29 is 31.3 Å². The van der Waals surface area contributed by atoms with Crippen LogP contribution in [-0.2, 0) is 33.0 Å². The summed E-state index contributed by atoms with van der Waals surface area (Å²) in [6.45, 7) is 21.2. The quantitative estimate of drug-likeness (QED) is 0.107. The Morgan fingerprint density at radius 3 is 2.26 bits per heavy atom. The van der Waals surface area contributed by atoms with Crippen LogP contribution < -0.4 is 0 Å². The predicted octanol–water partition coefficient (Wildman–Crippen LogP) is 5.30. The van der Waals surface area contributed by atoms with Gasteiger partial charge >= 0.3 is 5.97 Å². The van der Waals surface area contributed by atoms with E-state index in [0.29, 0.717) is 13.2 Å². The van der Waals surface area contributed by atoms with Crippen molar-refractivity contribution in [1.29, 1.82) is 0 Å². The lowest BCUT2D eigenvalue weighted by molar-refractivity contribution is -0.137. The van der Waals surface area contributed by atoms with Crippen molar-refractivity contribution in [3.63, 3.8) is 0 Å². The Bertz CT molecular complexity index is 824. The lowest BCUT2D eigenvalue weighted by atomic mass is 9.79. The van der Waals surface area contributed by atoms with E-state index in [2.05, 4.69) is 56.7 Å². The van der Waals surface area contributed by atoms with E-state index >= 15 is 0 Å². The van der Waals surface area contributed by atoms with E-state index in [4.69, 9.17) is 18.1 Å². The fourth-order valence-corrected chi connectivity index (χ4v) is 6.84. The summed E-state index contributed by atoms with van der Waals surface area (Å²) < 4.78 is 48.5. The highest BCUT2D eigenvalue weighted by molar-refractivity contribution is 9.09. The number of hydrogen-bond acceptors (Lipinski definition) is 7. The molecule has 0 aromatic heterocycles. The summed E-state index contributed by atoms with van der Waals surface area (Å²) >= 11 is 3.74. The standard InChI is InChI=1S/C24H45BrO7SSi/c1-12-29-19(26)14-13-16(2)20(32-34(10,11)23(5,6)7)18(4)22(31-33(9,27)28)24(8)21(25)17(3)15-30-24/h13-14,16-18,20-22H,12,15H2,1-11H3/b14-13+/t16-,17+,18+,20+,21-,22+,24-/m0/s1. The SMILES string of the molecule is CCOC(=O)/C=C/[C@H](C)[C@@H](O[Si](C)(C)C(C)(C)C)[C@@H](C)[C@@H](OS(C)(=O)=O)[C@@]1(C)OC[C@@H](C)[C@@H]1Br. The molecule has 1 aliphatic heterocycles. The molecule has 34 heavy (non-hydrogen) atoms. The van der Waals surface area contributed by atoms with E-state index < -0.39 is 42.2 Å². The third-order valence-electron chi connectivity index (χ3n) is 7.12. The van der Waals surface area contributed by atoms with Crippen molar-refractivity contribution in [2.24, 2.45) is 17.8 Å². The maximum Gasteiger partial charge on any atom is 0.330 e. The van der Waals surface area contributed by atoms with E-state index in [1.807, 2.05) is 20.8 Å². The van der Waals surface area contributed by atoms with E-state index in [0.717, 1.165) is 6.26 Å². The molecule has 1 aliphatic rings. The molecule has 0 saturated carbocycles. The first-order valence-corrected chi connectivity index (χ1v) is 17.6. The molecule has 7 atom stereocenters. The van der Waals surface area contributed by atoms with Gasteiger partial charge in [0.1, 0.15) is 11.7 Å². The van der Waals surface area contributed by atoms with Crippen LogP contribution in [0.25, 0.3) is 0 Å². The lowest BCUT2D eigenvalue weighted by Gasteiger charge is -2.46. The number of carbonyl (C=O) groups excluding carboxylic acids is 1. The molecule has 0 N–H and O–H groups in total. The molecule has 0 aromatic carbocycles. The molecular formula is C24H45BrO7SSi. The fourth-order valence-electron chi connectivity index (χ4n) is 4.09. The van der Waals surface area contributed by atoms with Gasteiger partial charge in [-0.25, -0.2) is 4.79 Å². The van der Waals surface area contributed by atoms with E-state index in [9.17, 15) is 13.2 Å². The number of rotatable bonds is 11. The van der Waals surface area contributed by atoms with Gasteiger partial charge in [0.2, 0.25) is 0 Å². The number of ether oxygens (including phenoxy) is 2. The minimum Gasteiger partial charge on any atom is -0.463 e. The molecule has 0 bridgehead atoms. The van der Waals surface area contributed by atoms with Crippen LogP contribution in [0, 0.1) is 17.8 Å². The zero-order valence-electron chi connectivity index (χ0n) is 22.7. The average Bonchev–Trinajstić information content (AvgIpc) is 2.95. The second kappa shape index (κ2) is 11.9. The van der Waals surface area contributed by atoms with E-state index in [-0.39, 0.29) is 27.6 Å². The molecule has 0 spiro atoms. The smallest absolute Gasteiger partial charge is 0.330 e. The Morgan fingerprint density at radius 2 is 1.85 bits per heavy atom. The van der Waals surface area contributed by atoms with Gasteiger partial charge in [0.05, 0.1) is 30.4 Å². The van der Waals surface area contributed by atoms with Gasteiger partial charge < -0.3 is 13.9 Å². The first kappa shape index (κ1) is 31.8. The Hall–Kier alpha value is -0.263. The largest absolute Gasteiger partial charge is 0.463 e. The van der Waals surface area contributed by atoms with Crippen LogP contribution in [-0.4, -0.2) is 64.8 Å². The highest BCUT2D eigenvalue weighted by Crippen LogP contribution is 2.45. The van der Waals surface area contributed by atoms with Crippen LogP contribution in [0.3, 0.4) is 0 Å². The molecule has 1 heterocycles. The Kier molecular flexibility index (Phi) is 11.1. The molecule has 0 amide bonds. The van der Waals surface area contributed by atoms with Gasteiger partial charge in [-0.15, -0.1) is 0 Å². The average molecular weight is 586 g/mol. The van der Waals surface area contributed by atoms with Crippen LogP contribution >= 0.6 is 15.9 Å². The molecule has 200 valence electrons. The summed E-state index contributed by atoms with van der Waals surface area (Å²) in [5.74, 6) is -0.822. The molecule has 0 aromatic rings. The van der Waals surface area contributed by atoms with Crippen molar-refractivity contribution in [3.05, 3.63) is 12.2 Å². The normalized spacial score (nSPS) is 28.0. The number of alkyl halides is 1. The van der Waals surface area contributed by atoms with E-state index in [1.165, 1.54) is 6.08 Å². The molecule has 1 saturated heterocycles. The Balaban J connectivity index is 3.50. The molecule has 0 radical (unpaired) electrons. The van der Waals surface area contributed by atoms with Gasteiger partial charge in [-0.1, -0.05) is 63.5 Å². The van der Waals surface area contributed by atoms with Crippen LogP contribution in [0.2, 0.25) is 18.1 Å². The molecular weight excluding hydrogens is 540 g/mol. The highest BCUT2D eigenvalue weighted by Gasteiger charge is 2.55. The Labute approximate surface area is 216 Å².